The van der Waals surface area contributed by atoms with Gasteiger partial charge in [-0.2, -0.15) is 5.10 Å². The second-order valence-electron chi connectivity index (χ2n) is 3.00. The van der Waals surface area contributed by atoms with Crippen molar-refractivity contribution in [2.45, 2.75) is 6.42 Å². The first-order chi connectivity index (χ1) is 7.69. The molecular formula is C9H8ClN3O2S. The van der Waals surface area contributed by atoms with Crippen molar-refractivity contribution in [3.05, 3.63) is 28.5 Å². The number of methoxy groups -OCH3 is 1. The number of rotatable bonds is 3. The van der Waals surface area contributed by atoms with Crippen LogP contribution in [-0.2, 0) is 16.0 Å². The van der Waals surface area contributed by atoms with Gasteiger partial charge >= 0.3 is 5.97 Å². The van der Waals surface area contributed by atoms with Gasteiger partial charge in [-0.1, -0.05) is 11.6 Å². The Morgan fingerprint density at radius 3 is 3.12 bits per heavy atom. The predicted octanol–water partition coefficient (Wildman–Crippen LogP) is 1.70. The number of aromatic nitrogens is 3. The molecule has 0 saturated carbocycles. The van der Waals surface area contributed by atoms with Gasteiger partial charge in [0.15, 0.2) is 0 Å². The van der Waals surface area contributed by atoms with Gasteiger partial charge < -0.3 is 4.74 Å². The second-order valence-corrected chi connectivity index (χ2v) is 4.22. The Labute approximate surface area is 101 Å². The van der Waals surface area contributed by atoms with Crippen LogP contribution in [0.5, 0.6) is 0 Å². The van der Waals surface area contributed by atoms with Crippen molar-refractivity contribution in [3.63, 3.8) is 0 Å². The van der Waals surface area contributed by atoms with Gasteiger partial charge in [-0.3, -0.25) is 4.79 Å². The van der Waals surface area contributed by atoms with Crippen LogP contribution in [0, 0.1) is 0 Å². The molecule has 0 spiro atoms. The third-order valence-electron chi connectivity index (χ3n) is 1.87. The highest BCUT2D eigenvalue weighted by atomic mass is 35.5. The minimum absolute atomic E-state index is 0.204. The molecule has 0 saturated heterocycles. The van der Waals surface area contributed by atoms with Gasteiger partial charge in [0, 0.05) is 17.1 Å². The molecule has 0 fully saturated rings. The van der Waals surface area contributed by atoms with Crippen LogP contribution in [0.1, 0.15) is 5.56 Å². The van der Waals surface area contributed by atoms with Crippen LogP contribution in [0.2, 0.25) is 5.15 Å². The Balaban J connectivity index is 2.16. The van der Waals surface area contributed by atoms with Crippen LogP contribution in [0.15, 0.2) is 17.8 Å². The summed E-state index contributed by atoms with van der Waals surface area (Å²) in [6, 6.07) is 0. The van der Waals surface area contributed by atoms with E-state index in [2.05, 4.69) is 14.8 Å². The average molecular weight is 258 g/mol. The first-order valence-electron chi connectivity index (χ1n) is 4.41. The van der Waals surface area contributed by atoms with Crippen LogP contribution in [0.4, 0.5) is 0 Å². The van der Waals surface area contributed by atoms with Crippen molar-refractivity contribution in [1.29, 1.82) is 0 Å². The maximum atomic E-state index is 11.0. The van der Waals surface area contributed by atoms with Crippen molar-refractivity contribution in [2.24, 2.45) is 0 Å². The molecule has 0 atom stereocenters. The molecule has 2 aromatic heterocycles. The number of hydrogen-bond acceptors (Lipinski definition) is 5. The fourth-order valence-corrected chi connectivity index (χ4v) is 2.02. The highest BCUT2D eigenvalue weighted by molar-refractivity contribution is 7.12. The molecule has 5 nitrogen and oxygen atoms in total. The number of nitrogens with zero attached hydrogens (tertiary/aromatic N) is 3. The molecule has 0 aliphatic heterocycles. The monoisotopic (exact) mass is 257 g/mol. The van der Waals surface area contributed by atoms with Gasteiger partial charge in [-0.25, -0.2) is 9.67 Å². The van der Waals surface area contributed by atoms with E-state index >= 15 is 0 Å². The molecule has 0 radical (unpaired) electrons. The Hall–Kier alpha value is -1.40. The molecule has 2 rings (SSSR count). The fourth-order valence-electron chi connectivity index (χ4n) is 1.15. The SMILES string of the molecule is COC(=O)Cc1cnn(-c2nc(Cl)cs2)c1. The first-order valence-corrected chi connectivity index (χ1v) is 5.66. The smallest absolute Gasteiger partial charge is 0.310 e. The number of halogens is 1. The van der Waals surface area contributed by atoms with Crippen LogP contribution >= 0.6 is 22.9 Å². The summed E-state index contributed by atoms with van der Waals surface area (Å²) in [5.41, 5.74) is 0.776. The molecule has 2 heterocycles. The highest BCUT2D eigenvalue weighted by Crippen LogP contribution is 2.18. The molecule has 0 N–H and O–H groups in total. The van der Waals surface area contributed by atoms with Gasteiger partial charge in [-0.05, 0) is 0 Å². The Kier molecular flexibility index (Phi) is 3.21. The molecule has 0 amide bonds. The second kappa shape index (κ2) is 4.63. The van der Waals surface area contributed by atoms with Crippen LogP contribution in [-0.4, -0.2) is 27.8 Å². The molecule has 0 unspecified atom stereocenters. The van der Waals surface area contributed by atoms with E-state index in [1.165, 1.54) is 18.4 Å². The van der Waals surface area contributed by atoms with E-state index < -0.39 is 0 Å². The summed E-state index contributed by atoms with van der Waals surface area (Å²) in [5, 5.41) is 6.91. The topological polar surface area (TPSA) is 57.0 Å². The molecule has 0 bridgehead atoms. The Morgan fingerprint density at radius 1 is 1.69 bits per heavy atom. The summed E-state index contributed by atoms with van der Waals surface area (Å²) in [7, 11) is 1.35. The standard InChI is InChI=1S/C9H8ClN3O2S/c1-15-8(14)2-6-3-11-13(4-6)9-12-7(10)5-16-9/h3-5H,2H2,1H3. The Morgan fingerprint density at radius 2 is 2.50 bits per heavy atom. The third-order valence-corrected chi connectivity index (χ3v) is 3.03. The van der Waals surface area contributed by atoms with E-state index in [1.807, 2.05) is 0 Å². The lowest BCUT2D eigenvalue weighted by Crippen LogP contribution is -2.03. The van der Waals surface area contributed by atoms with E-state index in [9.17, 15) is 4.79 Å². The van der Waals surface area contributed by atoms with Gasteiger partial charge in [0.05, 0.1) is 19.7 Å². The van der Waals surface area contributed by atoms with Crippen molar-refractivity contribution in [2.75, 3.05) is 7.11 Å². The van der Waals surface area contributed by atoms with Gasteiger partial charge in [0.2, 0.25) is 5.13 Å². The van der Waals surface area contributed by atoms with Crippen LogP contribution < -0.4 is 0 Å². The van der Waals surface area contributed by atoms with Crippen molar-refractivity contribution in [3.8, 4) is 5.13 Å². The zero-order valence-corrected chi connectivity index (χ0v) is 9.96. The van der Waals surface area contributed by atoms with Gasteiger partial charge in [0.25, 0.3) is 0 Å². The molecule has 2 aromatic rings. The molecule has 0 aromatic carbocycles. The number of esters is 1. The number of thiazole rings is 1. The summed E-state index contributed by atoms with van der Waals surface area (Å²) in [5.74, 6) is -0.295. The highest BCUT2D eigenvalue weighted by Gasteiger charge is 2.08. The van der Waals surface area contributed by atoms with E-state index in [1.54, 1.807) is 22.5 Å². The minimum atomic E-state index is -0.295. The van der Waals surface area contributed by atoms with Crippen molar-refractivity contribution < 1.29 is 9.53 Å². The first kappa shape index (κ1) is 11.1. The average Bonchev–Trinajstić information content (AvgIpc) is 2.87. The van der Waals surface area contributed by atoms with E-state index in [0.717, 1.165) is 5.56 Å². The van der Waals surface area contributed by atoms with Crippen molar-refractivity contribution >= 4 is 28.9 Å². The molecule has 0 aliphatic carbocycles. The molecular weight excluding hydrogens is 250 g/mol. The zero-order chi connectivity index (χ0) is 11.5. The molecule has 84 valence electrons. The quantitative estimate of drug-likeness (QED) is 0.786. The van der Waals surface area contributed by atoms with Crippen molar-refractivity contribution in [1.82, 2.24) is 14.8 Å². The third kappa shape index (κ3) is 2.40. The minimum Gasteiger partial charge on any atom is -0.469 e. The van der Waals surface area contributed by atoms with E-state index in [0.29, 0.717) is 10.3 Å². The molecule has 16 heavy (non-hydrogen) atoms. The van der Waals surface area contributed by atoms with Crippen LogP contribution in [0.25, 0.3) is 5.13 Å². The largest absolute Gasteiger partial charge is 0.469 e. The fraction of sp³-hybridized carbons (Fsp3) is 0.222. The summed E-state index contributed by atoms with van der Waals surface area (Å²) in [6.45, 7) is 0. The van der Waals surface area contributed by atoms with Gasteiger partial charge in [-0.15, -0.1) is 11.3 Å². The predicted molar refractivity (Wildman–Crippen MR) is 60.0 cm³/mol. The lowest BCUT2D eigenvalue weighted by molar-refractivity contribution is -0.139. The normalized spacial score (nSPS) is 10.4. The number of carbonyl (C=O) groups excluding carboxylic acids is 1. The maximum Gasteiger partial charge on any atom is 0.310 e. The zero-order valence-electron chi connectivity index (χ0n) is 8.38. The Bertz CT molecular complexity index is 508. The summed E-state index contributed by atoms with van der Waals surface area (Å²) in [6.07, 6.45) is 3.54. The van der Waals surface area contributed by atoms with E-state index in [-0.39, 0.29) is 12.4 Å². The maximum absolute atomic E-state index is 11.0. The number of carbonyl (C=O) groups is 1. The summed E-state index contributed by atoms with van der Waals surface area (Å²) < 4.78 is 6.14. The molecule has 7 heteroatoms. The lowest BCUT2D eigenvalue weighted by Gasteiger charge is -1.94. The molecule has 0 aliphatic rings. The number of ether oxygens (including phenoxy) is 1. The van der Waals surface area contributed by atoms with Crippen LogP contribution in [0.3, 0.4) is 0 Å². The summed E-state index contributed by atoms with van der Waals surface area (Å²) in [4.78, 5) is 15.1. The van der Waals surface area contributed by atoms with Gasteiger partial charge in [0.1, 0.15) is 5.15 Å². The van der Waals surface area contributed by atoms with E-state index in [4.69, 9.17) is 11.6 Å². The summed E-state index contributed by atoms with van der Waals surface area (Å²) >= 11 is 7.09. The lowest BCUT2D eigenvalue weighted by atomic mass is 10.3. The number of hydrogen-bond donors (Lipinski definition) is 0.